The lowest BCUT2D eigenvalue weighted by Crippen LogP contribution is -2.27. The number of carbonyl (C=O) groups excluding carboxylic acids is 1. The van der Waals surface area contributed by atoms with Gasteiger partial charge in [-0.05, 0) is 43.2 Å². The number of amides is 1. The van der Waals surface area contributed by atoms with Crippen LogP contribution < -0.4 is 5.32 Å². The lowest BCUT2D eigenvalue weighted by Gasteiger charge is -2.20. The first-order chi connectivity index (χ1) is 9.13. The third-order valence-electron chi connectivity index (χ3n) is 4.42. The van der Waals surface area contributed by atoms with Crippen LogP contribution >= 0.6 is 0 Å². The van der Waals surface area contributed by atoms with E-state index in [1.54, 1.807) is 12.1 Å². The Balaban J connectivity index is 1.64. The number of benzene rings is 1. The summed E-state index contributed by atoms with van der Waals surface area (Å²) in [4.78, 5) is 22.3. The van der Waals surface area contributed by atoms with Crippen molar-refractivity contribution in [1.29, 1.82) is 0 Å². The quantitative estimate of drug-likeness (QED) is 0.670. The van der Waals surface area contributed by atoms with Gasteiger partial charge in [-0.15, -0.1) is 0 Å². The number of nitro benzene ring substituents is 1. The number of nitrogens with zero attached hydrogens (tertiary/aromatic N) is 1. The van der Waals surface area contributed by atoms with Gasteiger partial charge in [-0.2, -0.15) is 0 Å². The van der Waals surface area contributed by atoms with Crippen LogP contribution in [0.15, 0.2) is 24.3 Å². The molecule has 5 nitrogen and oxygen atoms in total. The Kier molecular flexibility index (Phi) is 2.97. The molecule has 0 saturated heterocycles. The first-order valence-corrected chi connectivity index (χ1v) is 6.69. The molecule has 1 amide bonds. The molecule has 3 unspecified atom stereocenters. The molecule has 1 N–H and O–H groups in total. The number of carbonyl (C=O) groups is 1. The molecule has 2 saturated carbocycles. The molecular weight excluding hydrogens is 244 g/mol. The number of anilines is 1. The molecule has 0 aliphatic heterocycles. The van der Waals surface area contributed by atoms with Crippen LogP contribution in [0.25, 0.3) is 0 Å². The van der Waals surface area contributed by atoms with Gasteiger partial charge in [-0.3, -0.25) is 14.9 Å². The molecular formula is C14H16N2O3. The molecule has 100 valence electrons. The van der Waals surface area contributed by atoms with Gasteiger partial charge in [0, 0.05) is 23.7 Å². The normalized spacial score (nSPS) is 28.3. The van der Waals surface area contributed by atoms with Crippen LogP contribution in [0.1, 0.15) is 25.7 Å². The number of nitro groups is 1. The highest BCUT2D eigenvalue weighted by Gasteiger charge is 2.42. The maximum atomic E-state index is 12.2. The Morgan fingerprint density at radius 3 is 2.47 bits per heavy atom. The van der Waals surface area contributed by atoms with E-state index in [2.05, 4.69) is 5.32 Å². The Labute approximate surface area is 111 Å². The topological polar surface area (TPSA) is 72.2 Å². The number of fused-ring (bicyclic) bond motifs is 2. The summed E-state index contributed by atoms with van der Waals surface area (Å²) in [6.45, 7) is 0. The SMILES string of the molecule is O=C(Nc1ccc([N+](=O)[O-])cc1)C1CC2CCC1C2. The second-order valence-corrected chi connectivity index (χ2v) is 5.57. The van der Waals surface area contributed by atoms with Gasteiger partial charge in [-0.1, -0.05) is 6.42 Å². The summed E-state index contributed by atoms with van der Waals surface area (Å²) in [6.07, 6.45) is 4.64. The monoisotopic (exact) mass is 260 g/mol. The molecule has 2 bridgehead atoms. The molecule has 0 aromatic heterocycles. The first-order valence-electron chi connectivity index (χ1n) is 6.69. The molecule has 5 heteroatoms. The van der Waals surface area contributed by atoms with Crippen LogP contribution in [-0.2, 0) is 4.79 Å². The van der Waals surface area contributed by atoms with Crippen molar-refractivity contribution in [3.63, 3.8) is 0 Å². The largest absolute Gasteiger partial charge is 0.326 e. The Bertz CT molecular complexity index is 512. The molecule has 2 aliphatic rings. The highest BCUT2D eigenvalue weighted by Crippen LogP contribution is 2.48. The third-order valence-corrected chi connectivity index (χ3v) is 4.42. The Hall–Kier alpha value is -1.91. The smallest absolute Gasteiger partial charge is 0.269 e. The zero-order valence-electron chi connectivity index (χ0n) is 10.5. The summed E-state index contributed by atoms with van der Waals surface area (Å²) in [5.41, 5.74) is 0.677. The summed E-state index contributed by atoms with van der Waals surface area (Å²) in [6, 6.07) is 6.00. The van der Waals surface area contributed by atoms with Crippen LogP contribution in [-0.4, -0.2) is 10.8 Å². The van der Waals surface area contributed by atoms with E-state index in [0.29, 0.717) is 11.6 Å². The van der Waals surface area contributed by atoms with Gasteiger partial charge < -0.3 is 5.32 Å². The standard InChI is InChI=1S/C14H16N2O3/c17-14(13-8-9-1-2-10(13)7-9)15-11-3-5-12(6-4-11)16(18)19/h3-6,9-10,13H,1-2,7-8H2,(H,15,17). The van der Waals surface area contributed by atoms with Gasteiger partial charge in [0.15, 0.2) is 0 Å². The van der Waals surface area contributed by atoms with E-state index in [4.69, 9.17) is 0 Å². The molecule has 0 spiro atoms. The van der Waals surface area contributed by atoms with E-state index in [-0.39, 0.29) is 17.5 Å². The predicted molar refractivity (Wildman–Crippen MR) is 70.7 cm³/mol. The Morgan fingerprint density at radius 1 is 1.21 bits per heavy atom. The lowest BCUT2D eigenvalue weighted by molar-refractivity contribution is -0.384. The van der Waals surface area contributed by atoms with Crippen molar-refractivity contribution in [2.24, 2.45) is 17.8 Å². The van der Waals surface area contributed by atoms with Gasteiger partial charge in [0.25, 0.3) is 5.69 Å². The molecule has 0 radical (unpaired) electrons. The van der Waals surface area contributed by atoms with E-state index in [1.165, 1.54) is 31.4 Å². The van der Waals surface area contributed by atoms with Crippen molar-refractivity contribution >= 4 is 17.3 Å². The summed E-state index contributed by atoms with van der Waals surface area (Å²) >= 11 is 0. The number of hydrogen-bond acceptors (Lipinski definition) is 3. The molecule has 0 heterocycles. The zero-order valence-corrected chi connectivity index (χ0v) is 10.5. The first kappa shape index (κ1) is 12.1. The van der Waals surface area contributed by atoms with Gasteiger partial charge in [0.2, 0.25) is 5.91 Å². The molecule has 2 fully saturated rings. The maximum Gasteiger partial charge on any atom is 0.269 e. The minimum atomic E-state index is -0.443. The summed E-state index contributed by atoms with van der Waals surface area (Å²) < 4.78 is 0. The van der Waals surface area contributed by atoms with Crippen LogP contribution in [0.3, 0.4) is 0 Å². The maximum absolute atomic E-state index is 12.2. The van der Waals surface area contributed by atoms with Crippen LogP contribution in [0.2, 0.25) is 0 Å². The third kappa shape index (κ3) is 2.32. The average Bonchev–Trinajstić information content (AvgIpc) is 3.01. The van der Waals surface area contributed by atoms with Gasteiger partial charge in [-0.25, -0.2) is 0 Å². The zero-order chi connectivity index (χ0) is 13.4. The fourth-order valence-corrected chi connectivity index (χ4v) is 3.47. The number of rotatable bonds is 3. The molecule has 3 atom stereocenters. The Morgan fingerprint density at radius 2 is 1.95 bits per heavy atom. The van der Waals surface area contributed by atoms with Crippen molar-refractivity contribution in [3.05, 3.63) is 34.4 Å². The van der Waals surface area contributed by atoms with Crippen LogP contribution in [0.5, 0.6) is 0 Å². The minimum absolute atomic E-state index is 0.0397. The molecule has 1 aromatic rings. The van der Waals surface area contributed by atoms with E-state index in [0.717, 1.165) is 12.3 Å². The van der Waals surface area contributed by atoms with Gasteiger partial charge >= 0.3 is 0 Å². The fourth-order valence-electron chi connectivity index (χ4n) is 3.47. The molecule has 2 aliphatic carbocycles. The molecule has 3 rings (SSSR count). The van der Waals surface area contributed by atoms with E-state index >= 15 is 0 Å². The summed E-state index contributed by atoms with van der Waals surface area (Å²) in [5, 5.41) is 13.4. The van der Waals surface area contributed by atoms with Crippen molar-refractivity contribution in [1.82, 2.24) is 0 Å². The molecule has 19 heavy (non-hydrogen) atoms. The number of hydrogen-bond donors (Lipinski definition) is 1. The summed E-state index contributed by atoms with van der Waals surface area (Å²) in [7, 11) is 0. The van der Waals surface area contributed by atoms with Crippen molar-refractivity contribution < 1.29 is 9.72 Å². The minimum Gasteiger partial charge on any atom is -0.326 e. The van der Waals surface area contributed by atoms with E-state index in [9.17, 15) is 14.9 Å². The number of nitrogens with one attached hydrogen (secondary N) is 1. The fraction of sp³-hybridized carbons (Fsp3) is 0.500. The lowest BCUT2D eigenvalue weighted by atomic mass is 9.88. The van der Waals surface area contributed by atoms with Crippen LogP contribution in [0.4, 0.5) is 11.4 Å². The highest BCUT2D eigenvalue weighted by molar-refractivity contribution is 5.93. The van der Waals surface area contributed by atoms with E-state index < -0.39 is 4.92 Å². The van der Waals surface area contributed by atoms with Crippen molar-refractivity contribution in [2.45, 2.75) is 25.7 Å². The van der Waals surface area contributed by atoms with Gasteiger partial charge in [0.05, 0.1) is 4.92 Å². The predicted octanol–water partition coefficient (Wildman–Crippen LogP) is 2.97. The van der Waals surface area contributed by atoms with Gasteiger partial charge in [0.1, 0.15) is 0 Å². The second-order valence-electron chi connectivity index (χ2n) is 5.57. The average molecular weight is 260 g/mol. The van der Waals surface area contributed by atoms with E-state index in [1.807, 2.05) is 0 Å². The number of non-ortho nitro benzene ring substituents is 1. The van der Waals surface area contributed by atoms with Crippen LogP contribution in [0, 0.1) is 27.9 Å². The van der Waals surface area contributed by atoms with Crippen molar-refractivity contribution in [3.8, 4) is 0 Å². The summed E-state index contributed by atoms with van der Waals surface area (Å²) in [5.74, 6) is 1.48. The van der Waals surface area contributed by atoms with Crippen molar-refractivity contribution in [2.75, 3.05) is 5.32 Å². The highest BCUT2D eigenvalue weighted by atomic mass is 16.6. The molecule has 1 aromatic carbocycles. The second kappa shape index (κ2) is 4.64.